The van der Waals surface area contributed by atoms with Crippen LogP contribution in [0.3, 0.4) is 0 Å². The van der Waals surface area contributed by atoms with Crippen molar-refractivity contribution in [2.45, 2.75) is 39.0 Å². The second-order valence-electron chi connectivity index (χ2n) is 5.27. The van der Waals surface area contributed by atoms with Gasteiger partial charge in [-0.2, -0.15) is 0 Å². The molecule has 0 N–H and O–H groups in total. The Labute approximate surface area is 133 Å². The standard InChI is InChI=1S/C20H21Cl/c1-2-3-4-5-7-18-8-6-9-19(16-18)11-10-17-12-14-20(21)15-13-17/h6,8-9,12-16H,2-5,7H2,1H3. The van der Waals surface area contributed by atoms with Gasteiger partial charge in [-0.1, -0.05) is 61.8 Å². The quantitative estimate of drug-likeness (QED) is 0.478. The zero-order chi connectivity index (χ0) is 14.9. The van der Waals surface area contributed by atoms with Gasteiger partial charge in [0.15, 0.2) is 0 Å². The topological polar surface area (TPSA) is 0 Å². The van der Waals surface area contributed by atoms with Crippen molar-refractivity contribution in [3.05, 3.63) is 70.2 Å². The molecule has 0 aliphatic rings. The van der Waals surface area contributed by atoms with Gasteiger partial charge in [0.05, 0.1) is 0 Å². The van der Waals surface area contributed by atoms with E-state index in [1.165, 1.54) is 31.2 Å². The zero-order valence-electron chi connectivity index (χ0n) is 12.5. The molecular weight excluding hydrogens is 276 g/mol. The molecule has 0 atom stereocenters. The predicted octanol–water partition coefficient (Wildman–Crippen LogP) is 5.86. The van der Waals surface area contributed by atoms with E-state index in [1.54, 1.807) is 0 Å². The van der Waals surface area contributed by atoms with Gasteiger partial charge in [0.25, 0.3) is 0 Å². The lowest BCUT2D eigenvalue weighted by Gasteiger charge is -2.01. The van der Waals surface area contributed by atoms with Crippen LogP contribution in [0, 0.1) is 11.8 Å². The molecule has 0 saturated carbocycles. The molecule has 0 nitrogen and oxygen atoms in total. The molecule has 0 spiro atoms. The molecule has 21 heavy (non-hydrogen) atoms. The van der Waals surface area contributed by atoms with Gasteiger partial charge in [-0.25, -0.2) is 0 Å². The summed E-state index contributed by atoms with van der Waals surface area (Å²) < 4.78 is 0. The third-order valence-electron chi connectivity index (χ3n) is 3.44. The van der Waals surface area contributed by atoms with Crippen LogP contribution in [0.5, 0.6) is 0 Å². The second kappa shape index (κ2) is 8.55. The summed E-state index contributed by atoms with van der Waals surface area (Å²) in [5.74, 6) is 6.41. The number of aryl methyl sites for hydroxylation is 1. The van der Waals surface area contributed by atoms with E-state index in [9.17, 15) is 0 Å². The van der Waals surface area contributed by atoms with Gasteiger partial charge in [0, 0.05) is 16.1 Å². The van der Waals surface area contributed by atoms with Gasteiger partial charge in [-0.05, 0) is 54.8 Å². The Bertz CT molecular complexity index is 614. The Morgan fingerprint density at radius 3 is 2.38 bits per heavy atom. The Morgan fingerprint density at radius 2 is 1.62 bits per heavy atom. The van der Waals surface area contributed by atoms with Crippen LogP contribution in [0.15, 0.2) is 48.5 Å². The zero-order valence-corrected chi connectivity index (χ0v) is 13.3. The summed E-state index contributed by atoms with van der Waals surface area (Å²) in [6, 6.07) is 16.2. The van der Waals surface area contributed by atoms with Gasteiger partial charge in [0.1, 0.15) is 0 Å². The first-order valence-corrected chi connectivity index (χ1v) is 8.02. The first kappa shape index (κ1) is 15.7. The summed E-state index contributed by atoms with van der Waals surface area (Å²) in [5, 5.41) is 0.745. The van der Waals surface area contributed by atoms with E-state index in [2.05, 4.69) is 43.0 Å². The van der Waals surface area contributed by atoms with E-state index in [0.717, 1.165) is 22.6 Å². The summed E-state index contributed by atoms with van der Waals surface area (Å²) in [5.41, 5.74) is 3.46. The first-order chi connectivity index (χ1) is 10.3. The van der Waals surface area contributed by atoms with Crippen LogP contribution >= 0.6 is 11.6 Å². The SMILES string of the molecule is CCCCCCc1cccc(C#Cc2ccc(Cl)cc2)c1. The third-order valence-corrected chi connectivity index (χ3v) is 3.69. The molecule has 108 valence electrons. The maximum absolute atomic E-state index is 5.87. The van der Waals surface area contributed by atoms with Crippen molar-refractivity contribution in [1.29, 1.82) is 0 Å². The number of rotatable bonds is 5. The average molecular weight is 297 g/mol. The predicted molar refractivity (Wildman–Crippen MR) is 91.7 cm³/mol. The van der Waals surface area contributed by atoms with E-state index in [-0.39, 0.29) is 0 Å². The van der Waals surface area contributed by atoms with E-state index in [0.29, 0.717) is 0 Å². The second-order valence-corrected chi connectivity index (χ2v) is 5.70. The number of benzene rings is 2. The minimum absolute atomic E-state index is 0.745. The lowest BCUT2D eigenvalue weighted by atomic mass is 10.0. The highest BCUT2D eigenvalue weighted by atomic mass is 35.5. The monoisotopic (exact) mass is 296 g/mol. The molecule has 0 saturated heterocycles. The maximum Gasteiger partial charge on any atom is 0.0406 e. The van der Waals surface area contributed by atoms with Crippen molar-refractivity contribution < 1.29 is 0 Å². The van der Waals surface area contributed by atoms with E-state index < -0.39 is 0 Å². The summed E-state index contributed by atoms with van der Waals surface area (Å²) >= 11 is 5.87. The molecule has 0 aliphatic carbocycles. The van der Waals surface area contributed by atoms with E-state index in [1.807, 2.05) is 24.3 Å². The molecule has 0 radical (unpaired) electrons. The van der Waals surface area contributed by atoms with Crippen LogP contribution in [-0.4, -0.2) is 0 Å². The van der Waals surface area contributed by atoms with Crippen molar-refractivity contribution >= 4 is 11.6 Å². The van der Waals surface area contributed by atoms with Crippen molar-refractivity contribution in [2.75, 3.05) is 0 Å². The molecule has 2 aromatic rings. The first-order valence-electron chi connectivity index (χ1n) is 7.64. The molecule has 2 aromatic carbocycles. The normalized spacial score (nSPS) is 10.0. The maximum atomic E-state index is 5.87. The molecule has 0 fully saturated rings. The smallest absolute Gasteiger partial charge is 0.0406 e. The molecule has 0 aliphatic heterocycles. The molecule has 0 heterocycles. The van der Waals surface area contributed by atoms with Crippen molar-refractivity contribution in [1.82, 2.24) is 0 Å². The number of unbranched alkanes of at least 4 members (excludes halogenated alkanes) is 3. The lowest BCUT2D eigenvalue weighted by Crippen LogP contribution is -1.87. The van der Waals surface area contributed by atoms with Crippen LogP contribution in [0.4, 0.5) is 0 Å². The Kier molecular flexibility index (Phi) is 6.38. The number of hydrogen-bond acceptors (Lipinski definition) is 0. The van der Waals surface area contributed by atoms with E-state index >= 15 is 0 Å². The highest BCUT2D eigenvalue weighted by Gasteiger charge is 1.95. The van der Waals surface area contributed by atoms with Crippen LogP contribution < -0.4 is 0 Å². The highest BCUT2D eigenvalue weighted by molar-refractivity contribution is 6.30. The third kappa shape index (κ3) is 5.66. The van der Waals surface area contributed by atoms with E-state index in [4.69, 9.17) is 11.6 Å². The largest absolute Gasteiger partial charge is 0.0843 e. The molecule has 0 unspecified atom stereocenters. The van der Waals surface area contributed by atoms with Crippen molar-refractivity contribution in [2.24, 2.45) is 0 Å². The number of hydrogen-bond donors (Lipinski definition) is 0. The molecular formula is C20H21Cl. The van der Waals surface area contributed by atoms with Crippen LogP contribution in [0.2, 0.25) is 5.02 Å². The molecule has 2 rings (SSSR count). The fraction of sp³-hybridized carbons (Fsp3) is 0.300. The minimum Gasteiger partial charge on any atom is -0.0843 e. The average Bonchev–Trinajstić information content (AvgIpc) is 2.52. The van der Waals surface area contributed by atoms with Gasteiger partial charge in [-0.3, -0.25) is 0 Å². The minimum atomic E-state index is 0.745. The Hall–Kier alpha value is -1.71. The summed E-state index contributed by atoms with van der Waals surface area (Å²) in [6.07, 6.45) is 6.35. The summed E-state index contributed by atoms with van der Waals surface area (Å²) in [7, 11) is 0. The molecule has 0 amide bonds. The van der Waals surface area contributed by atoms with Crippen molar-refractivity contribution in [3.8, 4) is 11.8 Å². The summed E-state index contributed by atoms with van der Waals surface area (Å²) in [6.45, 7) is 2.24. The fourth-order valence-electron chi connectivity index (χ4n) is 2.24. The molecule has 0 bridgehead atoms. The van der Waals surface area contributed by atoms with Gasteiger partial charge >= 0.3 is 0 Å². The fourth-order valence-corrected chi connectivity index (χ4v) is 2.36. The molecule has 1 heteroatoms. The Morgan fingerprint density at radius 1 is 0.857 bits per heavy atom. The molecule has 0 aromatic heterocycles. The lowest BCUT2D eigenvalue weighted by molar-refractivity contribution is 0.667. The highest BCUT2D eigenvalue weighted by Crippen LogP contribution is 2.11. The van der Waals surface area contributed by atoms with Crippen LogP contribution in [0.25, 0.3) is 0 Å². The van der Waals surface area contributed by atoms with Crippen LogP contribution in [0.1, 0.15) is 49.3 Å². The Balaban J connectivity index is 1.99. The van der Waals surface area contributed by atoms with Gasteiger partial charge in [-0.15, -0.1) is 0 Å². The summed E-state index contributed by atoms with van der Waals surface area (Å²) in [4.78, 5) is 0. The van der Waals surface area contributed by atoms with Crippen molar-refractivity contribution in [3.63, 3.8) is 0 Å². The van der Waals surface area contributed by atoms with Gasteiger partial charge in [0.2, 0.25) is 0 Å². The number of halogens is 1. The van der Waals surface area contributed by atoms with Crippen LogP contribution in [-0.2, 0) is 6.42 Å². The van der Waals surface area contributed by atoms with Gasteiger partial charge < -0.3 is 0 Å².